The summed E-state index contributed by atoms with van der Waals surface area (Å²) in [4.78, 5) is 26.8. The predicted octanol–water partition coefficient (Wildman–Crippen LogP) is 2.81. The fourth-order valence-electron chi connectivity index (χ4n) is 2.65. The highest BCUT2D eigenvalue weighted by Crippen LogP contribution is 2.29. The van der Waals surface area contributed by atoms with Crippen LogP contribution in [0.3, 0.4) is 0 Å². The van der Waals surface area contributed by atoms with E-state index in [-0.39, 0.29) is 16.7 Å². The second-order valence-electron chi connectivity index (χ2n) is 5.39. The lowest BCUT2D eigenvalue weighted by Crippen LogP contribution is -2.19. The van der Waals surface area contributed by atoms with Crippen LogP contribution in [0.5, 0.6) is 0 Å². The van der Waals surface area contributed by atoms with Crippen molar-refractivity contribution in [1.82, 2.24) is 9.55 Å². The molecule has 0 aliphatic carbocycles. The molecule has 3 rings (SSSR count). The number of nitrogens with one attached hydrogen (secondary N) is 1. The van der Waals surface area contributed by atoms with Gasteiger partial charge in [-0.15, -0.1) is 0 Å². The molecule has 0 unspecified atom stereocenters. The number of benzene rings is 1. The number of rotatable bonds is 4. The number of hydrogen-bond donors (Lipinski definition) is 2. The van der Waals surface area contributed by atoms with Gasteiger partial charge in [0.15, 0.2) is 0 Å². The molecule has 0 saturated heterocycles. The van der Waals surface area contributed by atoms with E-state index in [4.69, 9.17) is 5.73 Å². The van der Waals surface area contributed by atoms with E-state index in [1.807, 2.05) is 19.1 Å². The molecule has 24 heavy (non-hydrogen) atoms. The van der Waals surface area contributed by atoms with Gasteiger partial charge in [-0.05, 0) is 31.2 Å². The topological polar surface area (TPSA) is 80.9 Å². The van der Waals surface area contributed by atoms with Crippen LogP contribution in [0.1, 0.15) is 17.3 Å². The standard InChI is InChI=1S/C18H16FN3O2/c1-2-3-8-22-10-14(12-6-7-21-16(12)18(22)24)13-9-11(17(20)23)4-5-15(13)19/h2-7,9-10,21H,8H2,1H3,(H2,20,23). The SMILES string of the molecule is CC=CCn1cc(-c2cc(C(N)=O)ccc2F)c2cc[nH]c2c1=O. The Bertz CT molecular complexity index is 1010. The Morgan fingerprint density at radius 1 is 1.33 bits per heavy atom. The number of carbonyl (C=O) groups excluding carboxylic acids is 1. The molecule has 0 bridgehead atoms. The summed E-state index contributed by atoms with van der Waals surface area (Å²) in [7, 11) is 0. The number of pyridine rings is 1. The first-order valence-corrected chi connectivity index (χ1v) is 7.44. The molecule has 122 valence electrons. The minimum Gasteiger partial charge on any atom is -0.366 e. The van der Waals surface area contributed by atoms with Crippen molar-refractivity contribution >= 4 is 16.8 Å². The number of fused-ring (bicyclic) bond motifs is 1. The van der Waals surface area contributed by atoms with E-state index < -0.39 is 11.7 Å². The summed E-state index contributed by atoms with van der Waals surface area (Å²) in [5, 5.41) is 0.595. The fraction of sp³-hybridized carbons (Fsp3) is 0.111. The molecular weight excluding hydrogens is 309 g/mol. The maximum absolute atomic E-state index is 14.4. The van der Waals surface area contributed by atoms with E-state index in [9.17, 15) is 14.0 Å². The van der Waals surface area contributed by atoms with Crippen molar-refractivity contribution in [1.29, 1.82) is 0 Å². The maximum Gasteiger partial charge on any atom is 0.275 e. The van der Waals surface area contributed by atoms with Crippen molar-refractivity contribution in [2.45, 2.75) is 13.5 Å². The Morgan fingerprint density at radius 2 is 2.12 bits per heavy atom. The highest BCUT2D eigenvalue weighted by molar-refractivity contribution is 5.98. The zero-order valence-corrected chi connectivity index (χ0v) is 13.0. The number of allylic oxidation sites excluding steroid dienone is 2. The third-order valence-corrected chi connectivity index (χ3v) is 3.88. The molecule has 5 nitrogen and oxygen atoms in total. The minimum atomic E-state index is -0.635. The number of nitrogens with two attached hydrogens (primary N) is 1. The fourth-order valence-corrected chi connectivity index (χ4v) is 2.65. The van der Waals surface area contributed by atoms with E-state index in [0.29, 0.717) is 23.0 Å². The van der Waals surface area contributed by atoms with Crippen molar-refractivity contribution in [3.05, 3.63) is 70.5 Å². The molecule has 1 aromatic carbocycles. The normalized spacial score (nSPS) is 11.4. The smallest absolute Gasteiger partial charge is 0.275 e. The van der Waals surface area contributed by atoms with Crippen LogP contribution in [-0.4, -0.2) is 15.5 Å². The molecular formula is C18H16FN3O2. The number of primary amides is 1. The highest BCUT2D eigenvalue weighted by Gasteiger charge is 2.15. The van der Waals surface area contributed by atoms with Gasteiger partial charge in [0, 0.05) is 41.0 Å². The number of aromatic amines is 1. The van der Waals surface area contributed by atoms with Crippen LogP contribution in [0.25, 0.3) is 22.0 Å². The molecule has 0 saturated carbocycles. The summed E-state index contributed by atoms with van der Waals surface area (Å²) in [5.41, 5.74) is 6.45. The Labute approximate surface area is 137 Å². The molecule has 2 aromatic heterocycles. The van der Waals surface area contributed by atoms with Gasteiger partial charge in [0.2, 0.25) is 5.91 Å². The quantitative estimate of drug-likeness (QED) is 0.723. The Hall–Kier alpha value is -3.15. The summed E-state index contributed by atoms with van der Waals surface area (Å²) >= 11 is 0. The number of nitrogens with zero attached hydrogens (tertiary/aromatic N) is 1. The molecule has 0 aliphatic rings. The summed E-state index contributed by atoms with van der Waals surface area (Å²) in [5.74, 6) is -1.12. The maximum atomic E-state index is 14.4. The monoisotopic (exact) mass is 325 g/mol. The summed E-state index contributed by atoms with van der Waals surface area (Å²) in [6.45, 7) is 2.23. The Kier molecular flexibility index (Phi) is 4.04. The van der Waals surface area contributed by atoms with Crippen LogP contribution in [-0.2, 0) is 6.54 Å². The number of H-pyrrole nitrogens is 1. The lowest BCUT2D eigenvalue weighted by atomic mass is 10.0. The molecule has 2 heterocycles. The van der Waals surface area contributed by atoms with Crippen LogP contribution >= 0.6 is 0 Å². The van der Waals surface area contributed by atoms with E-state index in [1.165, 1.54) is 22.8 Å². The third-order valence-electron chi connectivity index (χ3n) is 3.88. The lowest BCUT2D eigenvalue weighted by Gasteiger charge is -2.11. The van der Waals surface area contributed by atoms with E-state index in [1.54, 1.807) is 18.5 Å². The van der Waals surface area contributed by atoms with Gasteiger partial charge in [-0.3, -0.25) is 9.59 Å². The van der Waals surface area contributed by atoms with Crippen LogP contribution in [0.15, 0.2) is 53.6 Å². The first kappa shape index (κ1) is 15.7. The van der Waals surface area contributed by atoms with Crippen LogP contribution in [0, 0.1) is 5.82 Å². The Morgan fingerprint density at radius 3 is 2.83 bits per heavy atom. The van der Waals surface area contributed by atoms with Crippen molar-refractivity contribution < 1.29 is 9.18 Å². The molecule has 0 aliphatic heterocycles. The first-order chi connectivity index (χ1) is 11.5. The number of aromatic nitrogens is 2. The summed E-state index contributed by atoms with van der Waals surface area (Å²) in [6.07, 6.45) is 6.89. The van der Waals surface area contributed by atoms with Crippen molar-refractivity contribution in [3.63, 3.8) is 0 Å². The second kappa shape index (κ2) is 6.16. The number of carbonyl (C=O) groups is 1. The van der Waals surface area contributed by atoms with Crippen LogP contribution < -0.4 is 11.3 Å². The predicted molar refractivity (Wildman–Crippen MR) is 91.3 cm³/mol. The van der Waals surface area contributed by atoms with Gasteiger partial charge in [-0.2, -0.15) is 0 Å². The Balaban J connectivity index is 2.32. The molecule has 6 heteroatoms. The van der Waals surface area contributed by atoms with E-state index in [2.05, 4.69) is 4.98 Å². The average molecular weight is 325 g/mol. The summed E-state index contributed by atoms with van der Waals surface area (Å²) < 4.78 is 15.9. The van der Waals surface area contributed by atoms with Crippen molar-refractivity contribution in [2.24, 2.45) is 5.73 Å². The van der Waals surface area contributed by atoms with Gasteiger partial charge in [0.05, 0.1) is 0 Å². The van der Waals surface area contributed by atoms with Gasteiger partial charge in [0.25, 0.3) is 5.56 Å². The molecule has 0 fully saturated rings. The third kappa shape index (κ3) is 2.62. The highest BCUT2D eigenvalue weighted by atomic mass is 19.1. The summed E-state index contributed by atoms with van der Waals surface area (Å²) in [6, 6.07) is 5.66. The van der Waals surface area contributed by atoms with Gasteiger partial charge >= 0.3 is 0 Å². The molecule has 0 spiro atoms. The molecule has 0 atom stereocenters. The average Bonchev–Trinajstić information content (AvgIpc) is 3.05. The van der Waals surface area contributed by atoms with Crippen molar-refractivity contribution in [3.8, 4) is 11.1 Å². The molecule has 1 amide bonds. The number of amides is 1. The number of hydrogen-bond acceptors (Lipinski definition) is 2. The number of halogens is 1. The largest absolute Gasteiger partial charge is 0.366 e. The first-order valence-electron chi connectivity index (χ1n) is 7.44. The van der Waals surface area contributed by atoms with Gasteiger partial charge in [-0.1, -0.05) is 12.2 Å². The van der Waals surface area contributed by atoms with E-state index >= 15 is 0 Å². The van der Waals surface area contributed by atoms with Gasteiger partial charge < -0.3 is 15.3 Å². The zero-order chi connectivity index (χ0) is 17.3. The minimum absolute atomic E-state index is 0.191. The van der Waals surface area contributed by atoms with E-state index in [0.717, 1.165) is 0 Å². The molecule has 0 radical (unpaired) electrons. The lowest BCUT2D eigenvalue weighted by molar-refractivity contribution is 0.100. The van der Waals surface area contributed by atoms with Crippen LogP contribution in [0.2, 0.25) is 0 Å². The van der Waals surface area contributed by atoms with Gasteiger partial charge in [-0.25, -0.2) is 4.39 Å². The molecule has 3 N–H and O–H groups in total. The molecule has 3 aromatic rings. The van der Waals surface area contributed by atoms with Crippen LogP contribution in [0.4, 0.5) is 4.39 Å². The van der Waals surface area contributed by atoms with Crippen molar-refractivity contribution in [2.75, 3.05) is 0 Å². The second-order valence-corrected chi connectivity index (χ2v) is 5.39. The van der Waals surface area contributed by atoms with Gasteiger partial charge in [0.1, 0.15) is 11.3 Å². The zero-order valence-electron chi connectivity index (χ0n) is 13.0.